The van der Waals surface area contributed by atoms with E-state index in [1.54, 1.807) is 0 Å². The lowest BCUT2D eigenvalue weighted by atomic mass is 10.1. The molecule has 4 atom stereocenters. The molecule has 118 valence electrons. The molecule has 1 aromatic carbocycles. The Morgan fingerprint density at radius 3 is 2.67 bits per heavy atom. The smallest absolute Gasteiger partial charge is 0.119 e. The highest BCUT2D eigenvalue weighted by molar-refractivity contribution is 7.85. The van der Waals surface area contributed by atoms with Crippen LogP contribution in [0.3, 0.4) is 0 Å². The summed E-state index contributed by atoms with van der Waals surface area (Å²) >= 11 is 0. The Hall–Kier alpha value is -0.910. The molecule has 0 bridgehead atoms. The molecule has 1 aliphatic heterocycles. The molecular formula is C16H25NO3S. The van der Waals surface area contributed by atoms with Crippen molar-refractivity contribution in [3.63, 3.8) is 0 Å². The van der Waals surface area contributed by atoms with Crippen molar-refractivity contribution in [2.75, 3.05) is 26.0 Å². The van der Waals surface area contributed by atoms with Crippen molar-refractivity contribution in [3.05, 3.63) is 29.8 Å². The average molecular weight is 311 g/mol. The maximum absolute atomic E-state index is 12.5. The van der Waals surface area contributed by atoms with Crippen LogP contribution in [-0.2, 0) is 15.5 Å². The van der Waals surface area contributed by atoms with Crippen molar-refractivity contribution in [2.24, 2.45) is 0 Å². The van der Waals surface area contributed by atoms with Crippen molar-refractivity contribution in [1.29, 1.82) is 0 Å². The Morgan fingerprint density at radius 1 is 1.43 bits per heavy atom. The molecule has 0 amide bonds. The van der Waals surface area contributed by atoms with Crippen LogP contribution in [0.1, 0.15) is 31.9 Å². The molecule has 1 fully saturated rings. The Morgan fingerprint density at radius 2 is 2.14 bits per heavy atom. The average Bonchev–Trinajstić information content (AvgIpc) is 2.92. The standard InChI is InChI=1S/C16H25NO3S/c1-4-19-14-7-5-13(6-8-14)15(17-3)11-21(18)16-9-10-20-12(16)2/h5-8,12,15-17H,4,9-11H2,1-3H3. The number of nitrogens with one attached hydrogen (secondary N) is 1. The van der Waals surface area contributed by atoms with E-state index in [2.05, 4.69) is 5.32 Å². The third-order valence-electron chi connectivity index (χ3n) is 3.92. The topological polar surface area (TPSA) is 47.6 Å². The summed E-state index contributed by atoms with van der Waals surface area (Å²) in [4.78, 5) is 0. The van der Waals surface area contributed by atoms with E-state index in [1.165, 1.54) is 0 Å². The molecule has 4 nitrogen and oxygen atoms in total. The van der Waals surface area contributed by atoms with Crippen molar-refractivity contribution in [2.45, 2.75) is 37.7 Å². The highest BCUT2D eigenvalue weighted by Gasteiger charge is 2.30. The van der Waals surface area contributed by atoms with Crippen LogP contribution in [0.5, 0.6) is 5.75 Å². The second kappa shape index (κ2) is 7.92. The zero-order chi connectivity index (χ0) is 15.2. The Balaban J connectivity index is 2.00. The fraction of sp³-hybridized carbons (Fsp3) is 0.625. The van der Waals surface area contributed by atoms with Crippen LogP contribution in [0, 0.1) is 0 Å². The van der Waals surface area contributed by atoms with Gasteiger partial charge in [0.05, 0.1) is 18.0 Å². The van der Waals surface area contributed by atoms with Crippen LogP contribution >= 0.6 is 0 Å². The molecule has 0 radical (unpaired) electrons. The highest BCUT2D eigenvalue weighted by Crippen LogP contribution is 2.23. The van der Waals surface area contributed by atoms with Gasteiger partial charge in [-0.15, -0.1) is 0 Å². The summed E-state index contributed by atoms with van der Waals surface area (Å²) in [5.41, 5.74) is 1.14. The van der Waals surface area contributed by atoms with E-state index in [0.29, 0.717) is 12.4 Å². The first-order valence-electron chi connectivity index (χ1n) is 7.54. The zero-order valence-corrected chi connectivity index (χ0v) is 13.8. The van der Waals surface area contributed by atoms with Gasteiger partial charge < -0.3 is 14.8 Å². The van der Waals surface area contributed by atoms with Crippen LogP contribution in [0.2, 0.25) is 0 Å². The van der Waals surface area contributed by atoms with E-state index >= 15 is 0 Å². The van der Waals surface area contributed by atoms with Gasteiger partial charge in [0.25, 0.3) is 0 Å². The summed E-state index contributed by atoms with van der Waals surface area (Å²) in [6, 6.07) is 8.10. The van der Waals surface area contributed by atoms with Crippen molar-refractivity contribution in [3.8, 4) is 5.75 Å². The quantitative estimate of drug-likeness (QED) is 0.839. The minimum atomic E-state index is -0.883. The van der Waals surface area contributed by atoms with Gasteiger partial charge in [-0.2, -0.15) is 0 Å². The van der Waals surface area contributed by atoms with E-state index in [-0.39, 0.29) is 17.4 Å². The molecule has 1 saturated heterocycles. The van der Waals surface area contributed by atoms with Crippen LogP contribution < -0.4 is 10.1 Å². The molecular weight excluding hydrogens is 286 g/mol. The number of hydrogen-bond acceptors (Lipinski definition) is 4. The summed E-state index contributed by atoms with van der Waals surface area (Å²) in [5.74, 6) is 1.48. The van der Waals surface area contributed by atoms with Gasteiger partial charge in [0.2, 0.25) is 0 Å². The third kappa shape index (κ3) is 4.28. The van der Waals surface area contributed by atoms with E-state index < -0.39 is 10.8 Å². The molecule has 5 heteroatoms. The Labute approximate surface area is 129 Å². The molecule has 21 heavy (non-hydrogen) atoms. The minimum Gasteiger partial charge on any atom is -0.494 e. The largest absolute Gasteiger partial charge is 0.494 e. The van der Waals surface area contributed by atoms with Crippen molar-refractivity contribution < 1.29 is 13.7 Å². The molecule has 1 aliphatic rings. The lowest BCUT2D eigenvalue weighted by molar-refractivity contribution is 0.127. The van der Waals surface area contributed by atoms with Crippen LogP contribution in [-0.4, -0.2) is 41.6 Å². The van der Waals surface area contributed by atoms with Crippen molar-refractivity contribution in [1.82, 2.24) is 5.32 Å². The zero-order valence-electron chi connectivity index (χ0n) is 13.0. The summed E-state index contributed by atoms with van der Waals surface area (Å²) < 4.78 is 23.5. The fourth-order valence-corrected chi connectivity index (χ4v) is 4.45. The van der Waals surface area contributed by atoms with Gasteiger partial charge >= 0.3 is 0 Å². The monoisotopic (exact) mass is 311 g/mol. The fourth-order valence-electron chi connectivity index (χ4n) is 2.65. The van der Waals surface area contributed by atoms with E-state index in [9.17, 15) is 4.21 Å². The molecule has 1 aromatic rings. The Kier molecular flexibility index (Phi) is 6.21. The van der Waals surface area contributed by atoms with Gasteiger partial charge in [0, 0.05) is 29.2 Å². The molecule has 0 aliphatic carbocycles. The minimum absolute atomic E-state index is 0.0920. The first-order chi connectivity index (χ1) is 10.2. The molecule has 1 heterocycles. The summed E-state index contributed by atoms with van der Waals surface area (Å²) in [6.45, 7) is 5.38. The predicted molar refractivity (Wildman–Crippen MR) is 86.2 cm³/mol. The van der Waals surface area contributed by atoms with Gasteiger partial charge in [-0.25, -0.2) is 0 Å². The van der Waals surface area contributed by atoms with Crippen LogP contribution in [0.15, 0.2) is 24.3 Å². The van der Waals surface area contributed by atoms with Gasteiger partial charge in [0.15, 0.2) is 0 Å². The third-order valence-corrected chi connectivity index (χ3v) is 5.87. The number of benzene rings is 1. The maximum Gasteiger partial charge on any atom is 0.119 e. The van der Waals surface area contributed by atoms with E-state index in [1.807, 2.05) is 45.2 Å². The first kappa shape index (κ1) is 16.5. The van der Waals surface area contributed by atoms with Gasteiger partial charge in [-0.05, 0) is 45.0 Å². The molecule has 0 spiro atoms. The number of ether oxygens (including phenoxy) is 2. The molecule has 1 N–H and O–H groups in total. The second-order valence-electron chi connectivity index (χ2n) is 5.29. The highest BCUT2D eigenvalue weighted by atomic mass is 32.2. The maximum atomic E-state index is 12.5. The van der Waals surface area contributed by atoms with Crippen molar-refractivity contribution >= 4 is 10.8 Å². The van der Waals surface area contributed by atoms with Crippen LogP contribution in [0.4, 0.5) is 0 Å². The number of hydrogen-bond donors (Lipinski definition) is 1. The van der Waals surface area contributed by atoms with Gasteiger partial charge in [-0.3, -0.25) is 4.21 Å². The van der Waals surface area contributed by atoms with Crippen LogP contribution in [0.25, 0.3) is 0 Å². The van der Waals surface area contributed by atoms with E-state index in [4.69, 9.17) is 9.47 Å². The number of rotatable bonds is 7. The lowest BCUT2D eigenvalue weighted by Gasteiger charge is -2.20. The molecule has 0 aromatic heterocycles. The molecule has 4 unspecified atom stereocenters. The summed E-state index contributed by atoms with van der Waals surface area (Å²) in [7, 11) is 1.03. The Bertz CT molecular complexity index is 463. The molecule has 0 saturated carbocycles. The van der Waals surface area contributed by atoms with Gasteiger partial charge in [-0.1, -0.05) is 12.1 Å². The SMILES string of the molecule is CCOc1ccc(C(CS(=O)C2CCOC2C)NC)cc1. The van der Waals surface area contributed by atoms with Gasteiger partial charge in [0.1, 0.15) is 5.75 Å². The predicted octanol–water partition coefficient (Wildman–Crippen LogP) is 2.27. The van der Waals surface area contributed by atoms with E-state index in [0.717, 1.165) is 24.3 Å². The second-order valence-corrected chi connectivity index (χ2v) is 6.99. The first-order valence-corrected chi connectivity index (χ1v) is 8.92. The molecule has 2 rings (SSSR count). The summed E-state index contributed by atoms with van der Waals surface area (Å²) in [6.07, 6.45) is 0.997. The lowest BCUT2D eigenvalue weighted by Crippen LogP contribution is -2.30. The summed E-state index contributed by atoms with van der Waals surface area (Å²) in [5, 5.41) is 3.42. The normalized spacial score (nSPS) is 24.7.